The number of thiocarbonyl (C=S) groups is 4. The standard InChI is InChI=1S/C24H20NP2S4/c28-21-13-5-1-9-17(21)26(18-10-2-6-14-22(18)29)25-27(19-11-3-7-15-23(19)30)20-12-4-8-16-24(20)31/h1-12H,13-16H2. The van der Waals surface area contributed by atoms with Crippen LogP contribution in [0, 0.1) is 0 Å². The molecule has 1 radical (unpaired) electrons. The van der Waals surface area contributed by atoms with E-state index in [2.05, 4.69) is 72.9 Å². The van der Waals surface area contributed by atoms with E-state index in [0.29, 0.717) is 0 Å². The van der Waals surface area contributed by atoms with Crippen molar-refractivity contribution in [3.63, 3.8) is 0 Å². The molecule has 0 amide bonds. The van der Waals surface area contributed by atoms with E-state index < -0.39 is 16.1 Å². The Morgan fingerprint density at radius 3 is 0.968 bits per heavy atom. The lowest BCUT2D eigenvalue weighted by Gasteiger charge is -2.32. The Kier molecular flexibility index (Phi) is 8.11. The fraction of sp³-hybridized carbons (Fsp3) is 0.167. The van der Waals surface area contributed by atoms with E-state index in [0.717, 1.165) is 66.4 Å². The number of hydrogen-bond donors (Lipinski definition) is 0. The van der Waals surface area contributed by atoms with E-state index in [-0.39, 0.29) is 0 Å². The largest absolute Gasteiger partial charge is 0.172 e. The van der Waals surface area contributed by atoms with Gasteiger partial charge in [-0.05, 0) is 0 Å². The van der Waals surface area contributed by atoms with Gasteiger partial charge in [-0.15, -0.1) is 0 Å². The molecule has 0 aliphatic heterocycles. The molecule has 4 aliphatic carbocycles. The van der Waals surface area contributed by atoms with Gasteiger partial charge in [-0.2, -0.15) is 4.86 Å². The van der Waals surface area contributed by atoms with Crippen molar-refractivity contribution in [3.05, 3.63) is 94.2 Å². The monoisotopic (exact) mass is 512 g/mol. The molecule has 4 aliphatic rings. The summed E-state index contributed by atoms with van der Waals surface area (Å²) in [4.78, 5) is 9.34. The van der Waals surface area contributed by atoms with Crippen LogP contribution in [-0.2, 0) is 0 Å². The van der Waals surface area contributed by atoms with Crippen LogP contribution in [0.4, 0.5) is 0 Å². The van der Waals surface area contributed by atoms with Crippen molar-refractivity contribution in [2.24, 2.45) is 0 Å². The molecular weight excluding hydrogens is 492 g/mol. The lowest BCUT2D eigenvalue weighted by atomic mass is 10.2. The highest BCUT2D eigenvalue weighted by molar-refractivity contribution is 7.90. The zero-order valence-corrected chi connectivity index (χ0v) is 21.8. The third-order valence-electron chi connectivity index (χ3n) is 5.01. The Bertz CT molecular complexity index is 929. The molecule has 31 heavy (non-hydrogen) atoms. The van der Waals surface area contributed by atoms with Gasteiger partial charge in [0.05, 0.1) is 16.1 Å². The first-order valence-corrected chi connectivity index (χ1v) is 14.2. The van der Waals surface area contributed by atoms with Gasteiger partial charge in [0, 0.05) is 66.4 Å². The van der Waals surface area contributed by atoms with E-state index in [1.54, 1.807) is 0 Å². The van der Waals surface area contributed by atoms with Crippen LogP contribution in [0.3, 0.4) is 0 Å². The zero-order chi connectivity index (χ0) is 21.8. The van der Waals surface area contributed by atoms with Crippen molar-refractivity contribution in [3.8, 4) is 0 Å². The van der Waals surface area contributed by atoms with E-state index in [9.17, 15) is 0 Å². The van der Waals surface area contributed by atoms with Crippen molar-refractivity contribution >= 4 is 84.5 Å². The minimum absolute atomic E-state index is 0.775. The summed E-state index contributed by atoms with van der Waals surface area (Å²) in [5.74, 6) is 0. The van der Waals surface area contributed by atoms with Crippen LogP contribution in [0.15, 0.2) is 94.2 Å². The molecule has 4 rings (SSSR count). The maximum Gasteiger partial charge on any atom is 0.0519 e. The molecule has 0 aromatic carbocycles. The predicted octanol–water partition coefficient (Wildman–Crippen LogP) is 8.24. The minimum Gasteiger partial charge on any atom is -0.172 e. The van der Waals surface area contributed by atoms with Gasteiger partial charge in [-0.25, -0.2) is 0 Å². The summed E-state index contributed by atoms with van der Waals surface area (Å²) in [6.45, 7) is 0. The molecule has 0 heterocycles. The molecule has 0 saturated carbocycles. The summed E-state index contributed by atoms with van der Waals surface area (Å²) in [6, 6.07) is 0. The Morgan fingerprint density at radius 2 is 0.742 bits per heavy atom. The van der Waals surface area contributed by atoms with E-state index >= 15 is 0 Å². The Hall–Kier alpha value is -0.900. The molecule has 0 unspecified atom stereocenters. The quantitative estimate of drug-likeness (QED) is 0.263. The number of nitrogens with zero attached hydrogens (tertiary/aromatic N) is 1. The van der Waals surface area contributed by atoms with Crippen LogP contribution in [0.25, 0.3) is 0 Å². The van der Waals surface area contributed by atoms with Crippen molar-refractivity contribution < 1.29 is 0 Å². The SMILES string of the molecule is S=C1CC=CC=C1P([N]P(C1=CC=CCC1=S)C1=CC=CCC1=S)C1=CC=CCC1=S. The van der Waals surface area contributed by atoms with Gasteiger partial charge in [-0.1, -0.05) is 122 Å². The van der Waals surface area contributed by atoms with Gasteiger partial charge in [0.15, 0.2) is 0 Å². The molecule has 0 spiro atoms. The molecule has 1 nitrogen and oxygen atoms in total. The highest BCUT2D eigenvalue weighted by atomic mass is 32.1. The van der Waals surface area contributed by atoms with Crippen LogP contribution in [0.5, 0.6) is 0 Å². The molecule has 0 saturated heterocycles. The summed E-state index contributed by atoms with van der Waals surface area (Å²) in [5.41, 5.74) is 0. The topological polar surface area (TPSA) is 14.1 Å². The van der Waals surface area contributed by atoms with Crippen LogP contribution >= 0.6 is 65.0 Å². The van der Waals surface area contributed by atoms with Crippen molar-refractivity contribution in [2.45, 2.75) is 25.7 Å². The summed E-state index contributed by atoms with van der Waals surface area (Å²) < 4.78 is 0. The first kappa shape index (κ1) is 23.3. The molecule has 0 fully saturated rings. The Labute approximate surface area is 208 Å². The van der Waals surface area contributed by atoms with Gasteiger partial charge in [0.2, 0.25) is 0 Å². The average Bonchev–Trinajstić information content (AvgIpc) is 2.78. The fourth-order valence-electron chi connectivity index (χ4n) is 3.42. The first-order chi connectivity index (χ1) is 15.1. The summed E-state index contributed by atoms with van der Waals surface area (Å²) in [5, 5.41) is 4.50. The second-order valence-corrected chi connectivity index (χ2v) is 13.0. The molecule has 0 atom stereocenters. The lowest BCUT2D eigenvalue weighted by molar-refractivity contribution is 1.44. The van der Waals surface area contributed by atoms with Crippen LogP contribution in [-0.4, -0.2) is 19.5 Å². The summed E-state index contributed by atoms with van der Waals surface area (Å²) in [7, 11) is -2.12. The Morgan fingerprint density at radius 1 is 0.484 bits per heavy atom. The van der Waals surface area contributed by atoms with E-state index in [4.69, 9.17) is 53.7 Å². The highest BCUT2D eigenvalue weighted by Crippen LogP contribution is 2.65. The minimum atomic E-state index is -1.06. The van der Waals surface area contributed by atoms with Gasteiger partial charge in [0.1, 0.15) is 0 Å². The first-order valence-electron chi connectivity index (χ1n) is 9.98. The molecular formula is C24H20NP2S4. The molecule has 0 aromatic rings. The van der Waals surface area contributed by atoms with Gasteiger partial charge in [0.25, 0.3) is 0 Å². The second kappa shape index (κ2) is 10.8. The summed E-state index contributed by atoms with van der Waals surface area (Å²) >= 11 is 23.1. The van der Waals surface area contributed by atoms with E-state index in [1.807, 2.05) is 0 Å². The van der Waals surface area contributed by atoms with Gasteiger partial charge in [-0.3, -0.25) is 0 Å². The second-order valence-electron chi connectivity index (χ2n) is 7.14. The third-order valence-corrected chi connectivity index (χ3v) is 12.1. The molecule has 0 N–H and O–H groups in total. The molecule has 0 bridgehead atoms. The van der Waals surface area contributed by atoms with Crippen LogP contribution in [0.1, 0.15) is 25.7 Å². The highest BCUT2D eigenvalue weighted by Gasteiger charge is 2.34. The van der Waals surface area contributed by atoms with Gasteiger partial charge < -0.3 is 0 Å². The van der Waals surface area contributed by atoms with Crippen molar-refractivity contribution in [2.75, 3.05) is 0 Å². The number of hydrogen-bond acceptors (Lipinski definition) is 4. The smallest absolute Gasteiger partial charge is 0.0519 e. The fourth-order valence-corrected chi connectivity index (χ4v) is 10.1. The van der Waals surface area contributed by atoms with Crippen molar-refractivity contribution in [1.29, 1.82) is 0 Å². The normalized spacial score (nSPS) is 21.0. The van der Waals surface area contributed by atoms with Crippen molar-refractivity contribution in [1.82, 2.24) is 4.86 Å². The maximum atomic E-state index is 5.78. The predicted molar refractivity (Wildman–Crippen MR) is 154 cm³/mol. The number of rotatable bonds is 6. The average molecular weight is 513 g/mol. The zero-order valence-electron chi connectivity index (χ0n) is 16.7. The van der Waals surface area contributed by atoms with E-state index in [1.165, 1.54) is 0 Å². The number of allylic oxidation sites excluding steroid dienone is 16. The summed E-state index contributed by atoms with van der Waals surface area (Å²) in [6.07, 6.45) is 28.3. The molecule has 7 heteroatoms. The lowest BCUT2D eigenvalue weighted by Crippen LogP contribution is -2.15. The molecule has 155 valence electrons. The molecule has 0 aromatic heterocycles. The maximum absolute atomic E-state index is 5.78. The third kappa shape index (κ3) is 5.37. The Balaban J connectivity index is 1.80. The van der Waals surface area contributed by atoms with Crippen LogP contribution in [0.2, 0.25) is 0 Å². The van der Waals surface area contributed by atoms with Crippen LogP contribution < -0.4 is 4.86 Å². The van der Waals surface area contributed by atoms with Gasteiger partial charge >= 0.3 is 0 Å².